The molecular weight excluding hydrogens is 276 g/mol. The zero-order valence-corrected chi connectivity index (χ0v) is 13.3. The number of ether oxygens (including phenoxy) is 1. The fourth-order valence-electron chi connectivity index (χ4n) is 2.41. The second-order valence-electron chi connectivity index (χ2n) is 5.68. The lowest BCUT2D eigenvalue weighted by molar-refractivity contribution is 0.243. The largest absolute Gasteiger partial charge is 0.490 e. The second-order valence-corrected chi connectivity index (χ2v) is 5.68. The Labute approximate surface area is 130 Å². The van der Waals surface area contributed by atoms with Gasteiger partial charge in [-0.05, 0) is 52.0 Å². The third-order valence-electron chi connectivity index (χ3n) is 3.28. The predicted molar refractivity (Wildman–Crippen MR) is 87.0 cm³/mol. The Kier molecular flexibility index (Phi) is 4.67. The van der Waals surface area contributed by atoms with Crippen molar-refractivity contribution in [2.45, 2.75) is 39.8 Å². The Balaban J connectivity index is 2.71. The minimum atomic E-state index is -0.269. The van der Waals surface area contributed by atoms with Gasteiger partial charge in [0.15, 0.2) is 0 Å². The molecule has 0 spiro atoms. The number of pyridine rings is 1. The minimum absolute atomic E-state index is 0.0405. The molecule has 0 aliphatic carbocycles. The van der Waals surface area contributed by atoms with Crippen LogP contribution in [0, 0.1) is 11.3 Å². The minimum Gasteiger partial charge on any atom is -0.490 e. The van der Waals surface area contributed by atoms with Crippen molar-refractivity contribution in [1.82, 2.24) is 4.57 Å². The van der Waals surface area contributed by atoms with Crippen LogP contribution in [0.1, 0.15) is 39.3 Å². The quantitative estimate of drug-likeness (QED) is 0.863. The summed E-state index contributed by atoms with van der Waals surface area (Å²) >= 11 is 0. The molecule has 0 radical (unpaired) electrons. The summed E-state index contributed by atoms with van der Waals surface area (Å²) in [5, 5.41) is 9.07. The van der Waals surface area contributed by atoms with E-state index in [0.717, 1.165) is 17.0 Å². The molecule has 0 bridgehead atoms. The van der Waals surface area contributed by atoms with Crippen molar-refractivity contribution in [3.8, 4) is 23.1 Å². The second kappa shape index (κ2) is 6.48. The molecule has 1 aromatic carbocycles. The van der Waals surface area contributed by atoms with E-state index in [4.69, 9.17) is 10.00 Å². The Morgan fingerprint density at radius 3 is 2.36 bits per heavy atom. The van der Waals surface area contributed by atoms with Gasteiger partial charge in [-0.15, -0.1) is 0 Å². The predicted octanol–water partition coefficient (Wildman–Crippen LogP) is 3.76. The highest BCUT2D eigenvalue weighted by Crippen LogP contribution is 2.31. The van der Waals surface area contributed by atoms with Gasteiger partial charge < -0.3 is 9.30 Å². The van der Waals surface area contributed by atoms with E-state index in [1.807, 2.05) is 64.1 Å². The van der Waals surface area contributed by atoms with Gasteiger partial charge in [0, 0.05) is 11.6 Å². The summed E-state index contributed by atoms with van der Waals surface area (Å²) < 4.78 is 7.49. The molecule has 2 aromatic rings. The summed E-state index contributed by atoms with van der Waals surface area (Å²) in [5.74, 6) is 0.732. The molecule has 0 N–H and O–H groups in total. The summed E-state index contributed by atoms with van der Waals surface area (Å²) in [6.07, 6.45) is 0.0405. The van der Waals surface area contributed by atoms with Gasteiger partial charge in [-0.3, -0.25) is 4.79 Å². The summed E-state index contributed by atoms with van der Waals surface area (Å²) in [6, 6.07) is 12.9. The number of hydrogen-bond donors (Lipinski definition) is 0. The lowest BCUT2D eigenvalue weighted by Gasteiger charge is -2.20. The molecule has 0 aliphatic rings. The normalized spacial score (nSPS) is 10.8. The molecule has 1 heterocycles. The monoisotopic (exact) mass is 296 g/mol. The lowest BCUT2D eigenvalue weighted by atomic mass is 10.1. The van der Waals surface area contributed by atoms with Crippen molar-refractivity contribution in [3.63, 3.8) is 0 Å². The van der Waals surface area contributed by atoms with Crippen molar-refractivity contribution in [1.29, 1.82) is 5.26 Å². The van der Waals surface area contributed by atoms with E-state index in [2.05, 4.69) is 0 Å². The SMILES string of the molecule is CC(C)Oc1ccccc1-c1ccc(C#N)c(=O)n1C(C)C. The maximum atomic E-state index is 12.5. The van der Waals surface area contributed by atoms with Crippen LogP contribution in [0.2, 0.25) is 0 Å². The smallest absolute Gasteiger partial charge is 0.269 e. The highest BCUT2D eigenvalue weighted by atomic mass is 16.5. The van der Waals surface area contributed by atoms with Gasteiger partial charge in [-0.2, -0.15) is 5.26 Å². The highest BCUT2D eigenvalue weighted by molar-refractivity contribution is 5.68. The molecule has 0 atom stereocenters. The molecule has 0 fully saturated rings. The first-order chi connectivity index (χ1) is 10.5. The van der Waals surface area contributed by atoms with E-state index < -0.39 is 0 Å². The molecule has 2 rings (SSSR count). The van der Waals surface area contributed by atoms with Crippen LogP contribution >= 0.6 is 0 Å². The van der Waals surface area contributed by atoms with Crippen LogP contribution in [-0.4, -0.2) is 10.7 Å². The summed E-state index contributed by atoms with van der Waals surface area (Å²) in [5.41, 5.74) is 1.50. The first kappa shape index (κ1) is 15.8. The van der Waals surface area contributed by atoms with E-state index in [1.54, 1.807) is 10.6 Å². The average Bonchev–Trinajstić information content (AvgIpc) is 2.46. The van der Waals surface area contributed by atoms with Crippen molar-refractivity contribution < 1.29 is 4.74 Å². The number of benzene rings is 1. The topological polar surface area (TPSA) is 55.0 Å². The molecule has 0 saturated heterocycles. The molecule has 114 valence electrons. The van der Waals surface area contributed by atoms with Gasteiger partial charge in [-0.1, -0.05) is 12.1 Å². The lowest BCUT2D eigenvalue weighted by Crippen LogP contribution is -2.25. The average molecular weight is 296 g/mol. The summed E-state index contributed by atoms with van der Waals surface area (Å²) in [6.45, 7) is 7.78. The standard InChI is InChI=1S/C18H20N2O2/c1-12(2)20-16(10-9-14(11-19)18(20)21)15-7-5-6-8-17(15)22-13(3)4/h5-10,12-13H,1-4H3. The van der Waals surface area contributed by atoms with E-state index in [0.29, 0.717) is 0 Å². The summed E-state index contributed by atoms with van der Waals surface area (Å²) in [4.78, 5) is 12.5. The van der Waals surface area contributed by atoms with E-state index in [9.17, 15) is 4.79 Å². The molecular formula is C18H20N2O2. The van der Waals surface area contributed by atoms with Gasteiger partial charge in [0.1, 0.15) is 17.4 Å². The van der Waals surface area contributed by atoms with Crippen LogP contribution in [0.4, 0.5) is 0 Å². The molecule has 1 aromatic heterocycles. The number of nitrogens with zero attached hydrogens (tertiary/aromatic N) is 2. The summed E-state index contributed by atoms with van der Waals surface area (Å²) in [7, 11) is 0. The van der Waals surface area contributed by atoms with Gasteiger partial charge in [0.25, 0.3) is 5.56 Å². The van der Waals surface area contributed by atoms with Crippen LogP contribution in [-0.2, 0) is 0 Å². The molecule has 22 heavy (non-hydrogen) atoms. The number of hydrogen-bond acceptors (Lipinski definition) is 3. The van der Waals surface area contributed by atoms with Gasteiger partial charge >= 0.3 is 0 Å². The van der Waals surface area contributed by atoms with Gasteiger partial charge in [0.05, 0.1) is 11.8 Å². The zero-order valence-electron chi connectivity index (χ0n) is 13.3. The number of nitriles is 1. The molecule has 0 saturated carbocycles. The number of para-hydroxylation sites is 1. The molecule has 0 amide bonds. The maximum Gasteiger partial charge on any atom is 0.269 e. The molecule has 4 nitrogen and oxygen atoms in total. The van der Waals surface area contributed by atoms with Crippen LogP contribution in [0.3, 0.4) is 0 Å². The third-order valence-corrected chi connectivity index (χ3v) is 3.28. The van der Waals surface area contributed by atoms with E-state index in [1.165, 1.54) is 0 Å². The fourth-order valence-corrected chi connectivity index (χ4v) is 2.41. The number of rotatable bonds is 4. The zero-order chi connectivity index (χ0) is 16.3. The third kappa shape index (κ3) is 3.04. The van der Waals surface area contributed by atoms with Crippen molar-refractivity contribution >= 4 is 0 Å². The Bertz CT molecular complexity index is 767. The van der Waals surface area contributed by atoms with Gasteiger partial charge in [0.2, 0.25) is 0 Å². The van der Waals surface area contributed by atoms with Crippen LogP contribution in [0.15, 0.2) is 41.2 Å². The fraction of sp³-hybridized carbons (Fsp3) is 0.333. The van der Waals surface area contributed by atoms with E-state index in [-0.39, 0.29) is 23.3 Å². The highest BCUT2D eigenvalue weighted by Gasteiger charge is 2.16. The van der Waals surface area contributed by atoms with Crippen molar-refractivity contribution in [2.75, 3.05) is 0 Å². The maximum absolute atomic E-state index is 12.5. The Morgan fingerprint density at radius 2 is 1.77 bits per heavy atom. The molecule has 0 unspecified atom stereocenters. The Hall–Kier alpha value is -2.54. The van der Waals surface area contributed by atoms with Gasteiger partial charge in [-0.25, -0.2) is 0 Å². The van der Waals surface area contributed by atoms with Crippen LogP contribution in [0.5, 0.6) is 5.75 Å². The Morgan fingerprint density at radius 1 is 1.09 bits per heavy atom. The van der Waals surface area contributed by atoms with Crippen molar-refractivity contribution in [2.24, 2.45) is 0 Å². The molecule has 4 heteroatoms. The number of aromatic nitrogens is 1. The van der Waals surface area contributed by atoms with Crippen LogP contribution < -0.4 is 10.3 Å². The van der Waals surface area contributed by atoms with Crippen LogP contribution in [0.25, 0.3) is 11.3 Å². The van der Waals surface area contributed by atoms with E-state index >= 15 is 0 Å². The molecule has 0 aliphatic heterocycles. The first-order valence-electron chi connectivity index (χ1n) is 7.37. The first-order valence-corrected chi connectivity index (χ1v) is 7.37. The van der Waals surface area contributed by atoms with Crippen molar-refractivity contribution in [3.05, 3.63) is 52.3 Å².